The molecule has 4 aromatic rings. The third-order valence-electron chi connectivity index (χ3n) is 5.24. The molecule has 2 aromatic carbocycles. The molecular formula is C24H25N5O3S. The highest BCUT2D eigenvalue weighted by atomic mass is 32.2. The Morgan fingerprint density at radius 1 is 1.00 bits per heavy atom. The number of aryl methyl sites for hydroxylation is 1. The van der Waals surface area contributed by atoms with Crippen LogP contribution < -0.4 is 5.32 Å². The zero-order chi connectivity index (χ0) is 23.6. The number of sulfone groups is 1. The Labute approximate surface area is 193 Å². The van der Waals surface area contributed by atoms with Crippen LogP contribution in [0.25, 0.3) is 34.3 Å². The Kier molecular flexibility index (Phi) is 6.35. The summed E-state index contributed by atoms with van der Waals surface area (Å²) < 4.78 is 30.7. The molecule has 9 heteroatoms. The minimum Gasteiger partial charge on any atom is -0.415 e. The lowest BCUT2D eigenvalue weighted by atomic mass is 10.1. The molecular weight excluding hydrogens is 438 g/mol. The molecule has 0 fully saturated rings. The van der Waals surface area contributed by atoms with Crippen LogP contribution in [0.1, 0.15) is 25.1 Å². The van der Waals surface area contributed by atoms with E-state index in [9.17, 15) is 8.42 Å². The van der Waals surface area contributed by atoms with Crippen molar-refractivity contribution in [3.8, 4) is 34.3 Å². The molecule has 0 unspecified atom stereocenters. The van der Waals surface area contributed by atoms with Crippen molar-refractivity contribution in [1.82, 2.24) is 25.5 Å². The molecule has 2 heterocycles. The molecule has 0 bridgehead atoms. The summed E-state index contributed by atoms with van der Waals surface area (Å²) in [7, 11) is -1.45. The molecule has 1 N–H and O–H groups in total. The second kappa shape index (κ2) is 9.21. The van der Waals surface area contributed by atoms with Crippen LogP contribution in [0.4, 0.5) is 0 Å². The maximum atomic E-state index is 12.4. The molecule has 2 aromatic heterocycles. The summed E-state index contributed by atoms with van der Waals surface area (Å²) in [6.07, 6.45) is 1.64. The maximum Gasteiger partial charge on any atom is 0.268 e. The SMILES string of the molecule is CNCc1cccc(-c2nnc(-c3nc(-c4ccc(S(=O)(=O)C(C)C)cc4)cnc3C)o2)c1. The summed E-state index contributed by atoms with van der Waals surface area (Å²) in [5, 5.41) is 11.0. The fraction of sp³-hybridized carbons (Fsp3) is 0.250. The van der Waals surface area contributed by atoms with E-state index in [1.807, 2.05) is 38.2 Å². The summed E-state index contributed by atoms with van der Waals surface area (Å²) in [6.45, 7) is 5.88. The van der Waals surface area contributed by atoms with Crippen LogP contribution in [-0.2, 0) is 16.4 Å². The van der Waals surface area contributed by atoms with Crippen LogP contribution in [0.15, 0.2) is 64.0 Å². The van der Waals surface area contributed by atoms with Gasteiger partial charge in [0.05, 0.1) is 27.7 Å². The molecule has 170 valence electrons. The number of hydrogen-bond acceptors (Lipinski definition) is 8. The first-order valence-corrected chi connectivity index (χ1v) is 12.1. The average molecular weight is 464 g/mol. The van der Waals surface area contributed by atoms with E-state index in [0.717, 1.165) is 23.2 Å². The van der Waals surface area contributed by atoms with Crippen LogP contribution in [0, 0.1) is 6.92 Å². The molecule has 0 aliphatic rings. The Hall–Kier alpha value is -3.43. The fourth-order valence-corrected chi connectivity index (χ4v) is 4.39. The molecule has 0 aliphatic heterocycles. The molecule has 0 spiro atoms. The van der Waals surface area contributed by atoms with E-state index >= 15 is 0 Å². The molecule has 0 radical (unpaired) electrons. The van der Waals surface area contributed by atoms with Gasteiger partial charge < -0.3 is 9.73 Å². The second-order valence-corrected chi connectivity index (χ2v) is 10.5. The van der Waals surface area contributed by atoms with Crippen molar-refractivity contribution in [1.29, 1.82) is 0 Å². The topological polar surface area (TPSA) is 111 Å². The van der Waals surface area contributed by atoms with Crippen molar-refractivity contribution in [3.63, 3.8) is 0 Å². The summed E-state index contributed by atoms with van der Waals surface area (Å²) in [6, 6.07) is 14.5. The number of hydrogen-bond donors (Lipinski definition) is 1. The van der Waals surface area contributed by atoms with E-state index in [2.05, 4.69) is 25.5 Å². The van der Waals surface area contributed by atoms with Crippen LogP contribution in [0.5, 0.6) is 0 Å². The largest absolute Gasteiger partial charge is 0.415 e. The number of nitrogens with one attached hydrogen (secondary N) is 1. The summed E-state index contributed by atoms with van der Waals surface area (Å²) in [4.78, 5) is 9.39. The highest BCUT2D eigenvalue weighted by Gasteiger charge is 2.20. The average Bonchev–Trinajstić information content (AvgIpc) is 3.30. The van der Waals surface area contributed by atoms with Gasteiger partial charge in [0.1, 0.15) is 5.69 Å². The quantitative estimate of drug-likeness (QED) is 0.437. The van der Waals surface area contributed by atoms with Crippen molar-refractivity contribution >= 4 is 9.84 Å². The number of aromatic nitrogens is 4. The summed E-state index contributed by atoms with van der Waals surface area (Å²) in [5.41, 5.74) is 4.39. The van der Waals surface area contributed by atoms with Crippen molar-refractivity contribution < 1.29 is 12.8 Å². The highest BCUT2D eigenvalue weighted by Crippen LogP contribution is 2.28. The Morgan fingerprint density at radius 2 is 1.73 bits per heavy atom. The minimum absolute atomic E-state index is 0.273. The van der Waals surface area contributed by atoms with Gasteiger partial charge in [-0.1, -0.05) is 24.3 Å². The van der Waals surface area contributed by atoms with Crippen molar-refractivity contribution in [3.05, 3.63) is 66.0 Å². The van der Waals surface area contributed by atoms with Gasteiger partial charge in [-0.25, -0.2) is 13.4 Å². The number of benzene rings is 2. The van der Waals surface area contributed by atoms with Gasteiger partial charge >= 0.3 is 0 Å². The van der Waals surface area contributed by atoms with Gasteiger partial charge in [0.25, 0.3) is 5.89 Å². The van der Waals surface area contributed by atoms with Crippen LogP contribution in [-0.4, -0.2) is 40.9 Å². The molecule has 0 aliphatic carbocycles. The number of rotatable bonds is 7. The predicted molar refractivity (Wildman–Crippen MR) is 126 cm³/mol. The number of nitrogens with zero attached hydrogens (tertiary/aromatic N) is 4. The van der Waals surface area contributed by atoms with Gasteiger partial charge in [-0.3, -0.25) is 4.98 Å². The first-order chi connectivity index (χ1) is 15.8. The molecule has 4 rings (SSSR count). The molecule has 0 atom stereocenters. The maximum absolute atomic E-state index is 12.4. The fourth-order valence-electron chi connectivity index (χ4n) is 3.33. The lowest BCUT2D eigenvalue weighted by Gasteiger charge is -2.09. The first kappa shape index (κ1) is 22.8. The van der Waals surface area contributed by atoms with E-state index in [1.165, 1.54) is 0 Å². The second-order valence-electron chi connectivity index (χ2n) is 7.95. The Bertz CT molecular complexity index is 1380. The van der Waals surface area contributed by atoms with Crippen molar-refractivity contribution in [2.24, 2.45) is 0 Å². The smallest absolute Gasteiger partial charge is 0.268 e. The van der Waals surface area contributed by atoms with Crippen molar-refractivity contribution in [2.75, 3.05) is 7.05 Å². The first-order valence-electron chi connectivity index (χ1n) is 10.6. The monoisotopic (exact) mass is 463 g/mol. The molecule has 0 amide bonds. The van der Waals surface area contributed by atoms with Crippen molar-refractivity contribution in [2.45, 2.75) is 37.5 Å². The van der Waals surface area contributed by atoms with Crippen LogP contribution >= 0.6 is 0 Å². The van der Waals surface area contributed by atoms with Gasteiger partial charge in [0, 0.05) is 17.7 Å². The molecule has 8 nitrogen and oxygen atoms in total. The minimum atomic E-state index is -3.34. The third kappa shape index (κ3) is 4.69. The van der Waals surface area contributed by atoms with Gasteiger partial charge in [-0.2, -0.15) is 0 Å². The van der Waals surface area contributed by atoms with Crippen LogP contribution in [0.3, 0.4) is 0 Å². The van der Waals surface area contributed by atoms with E-state index in [-0.39, 0.29) is 10.8 Å². The Morgan fingerprint density at radius 3 is 2.42 bits per heavy atom. The van der Waals surface area contributed by atoms with Crippen LogP contribution in [0.2, 0.25) is 0 Å². The normalized spacial score (nSPS) is 11.8. The van der Waals surface area contributed by atoms with Gasteiger partial charge in [-0.05, 0) is 57.6 Å². The van der Waals surface area contributed by atoms with E-state index in [0.29, 0.717) is 23.0 Å². The predicted octanol–water partition coefficient (Wildman–Crippen LogP) is 4.07. The summed E-state index contributed by atoms with van der Waals surface area (Å²) >= 11 is 0. The van der Waals surface area contributed by atoms with E-state index in [4.69, 9.17) is 4.42 Å². The third-order valence-corrected chi connectivity index (χ3v) is 7.41. The zero-order valence-corrected chi connectivity index (χ0v) is 19.7. The van der Waals surface area contributed by atoms with Gasteiger partial charge in [-0.15, -0.1) is 10.2 Å². The summed E-state index contributed by atoms with van der Waals surface area (Å²) in [5.74, 6) is 0.674. The van der Waals surface area contributed by atoms with E-state index < -0.39 is 15.1 Å². The lowest BCUT2D eigenvalue weighted by Crippen LogP contribution is -2.13. The zero-order valence-electron chi connectivity index (χ0n) is 18.9. The van der Waals surface area contributed by atoms with E-state index in [1.54, 1.807) is 44.3 Å². The molecule has 0 saturated carbocycles. The van der Waals surface area contributed by atoms with Gasteiger partial charge in [0.15, 0.2) is 9.84 Å². The molecule has 33 heavy (non-hydrogen) atoms. The highest BCUT2D eigenvalue weighted by molar-refractivity contribution is 7.92. The van der Waals surface area contributed by atoms with Gasteiger partial charge in [0.2, 0.25) is 5.89 Å². The lowest BCUT2D eigenvalue weighted by molar-refractivity contribution is 0.581. The Balaban J connectivity index is 1.66. The molecule has 0 saturated heterocycles. The standard InChI is InChI=1S/C24H25N5O3S/c1-15(2)33(30,31)20-10-8-18(9-11-20)21-14-26-16(3)22(27-21)24-29-28-23(32-24)19-7-5-6-17(12-19)13-25-4/h5-12,14-15,25H,13H2,1-4H3.